The monoisotopic (exact) mass is 248 g/mol. The molecule has 1 heteroatoms. The fourth-order valence-electron chi connectivity index (χ4n) is 2.29. The second kappa shape index (κ2) is 5.07. The van der Waals surface area contributed by atoms with Gasteiger partial charge < -0.3 is 0 Å². The third kappa shape index (κ3) is 2.27. The first kappa shape index (κ1) is 11.7. The molecule has 0 bridgehead atoms. The van der Waals surface area contributed by atoms with Gasteiger partial charge in [0.25, 0.3) is 0 Å². The molecule has 0 saturated carbocycles. The Morgan fingerprint density at radius 3 is 1.68 bits per heavy atom. The predicted octanol–water partition coefficient (Wildman–Crippen LogP) is 4.91. The van der Waals surface area contributed by atoms with Crippen LogP contribution in [0.25, 0.3) is 5.57 Å². The standard InChI is InChI=1S/C18H13F/c19-17-13-7-12-16(17)18(14-8-3-1-4-9-14)15-10-5-2-6-11-15/h1-13H. The molecule has 0 heterocycles. The molecule has 0 amide bonds. The Labute approximate surface area is 112 Å². The summed E-state index contributed by atoms with van der Waals surface area (Å²) in [6.45, 7) is 0. The van der Waals surface area contributed by atoms with E-state index < -0.39 is 0 Å². The molecule has 2 aromatic rings. The van der Waals surface area contributed by atoms with Crippen LogP contribution in [-0.2, 0) is 0 Å². The summed E-state index contributed by atoms with van der Waals surface area (Å²) < 4.78 is 14.0. The quantitative estimate of drug-likeness (QED) is 0.708. The number of rotatable bonds is 2. The van der Waals surface area contributed by atoms with Crippen LogP contribution in [0.5, 0.6) is 0 Å². The van der Waals surface area contributed by atoms with Crippen molar-refractivity contribution < 1.29 is 4.39 Å². The molecule has 0 N–H and O–H groups in total. The maximum absolute atomic E-state index is 14.0. The molecule has 92 valence electrons. The van der Waals surface area contributed by atoms with Crippen LogP contribution in [0.3, 0.4) is 0 Å². The minimum Gasteiger partial charge on any atom is -0.206 e. The van der Waals surface area contributed by atoms with E-state index in [9.17, 15) is 4.39 Å². The molecule has 0 fully saturated rings. The van der Waals surface area contributed by atoms with Crippen LogP contribution < -0.4 is 0 Å². The Balaban J connectivity index is 2.24. The summed E-state index contributed by atoms with van der Waals surface area (Å²) in [5.74, 6) is -0.178. The highest BCUT2D eigenvalue weighted by Gasteiger charge is 2.15. The van der Waals surface area contributed by atoms with E-state index in [-0.39, 0.29) is 5.83 Å². The molecule has 19 heavy (non-hydrogen) atoms. The Morgan fingerprint density at radius 2 is 1.26 bits per heavy atom. The van der Waals surface area contributed by atoms with E-state index in [2.05, 4.69) is 0 Å². The van der Waals surface area contributed by atoms with Crippen molar-refractivity contribution in [1.82, 2.24) is 0 Å². The van der Waals surface area contributed by atoms with Gasteiger partial charge in [-0.3, -0.25) is 0 Å². The fourth-order valence-corrected chi connectivity index (χ4v) is 2.29. The Hall–Kier alpha value is -2.41. The number of hydrogen-bond donors (Lipinski definition) is 0. The molecule has 0 radical (unpaired) electrons. The lowest BCUT2D eigenvalue weighted by Crippen LogP contribution is -1.92. The third-order valence-corrected chi connectivity index (χ3v) is 3.16. The topological polar surface area (TPSA) is 0 Å². The molecule has 3 rings (SSSR count). The van der Waals surface area contributed by atoms with Gasteiger partial charge in [-0.15, -0.1) is 0 Å². The fraction of sp³-hybridized carbons (Fsp3) is 0. The molecule has 0 unspecified atom stereocenters. The average molecular weight is 248 g/mol. The minimum atomic E-state index is -0.178. The maximum Gasteiger partial charge on any atom is 0.131 e. The molecule has 1 aliphatic rings. The van der Waals surface area contributed by atoms with E-state index in [1.807, 2.05) is 66.7 Å². The number of hydrogen-bond acceptors (Lipinski definition) is 0. The van der Waals surface area contributed by atoms with Crippen molar-refractivity contribution >= 4 is 5.57 Å². The number of benzene rings is 2. The second-order valence-corrected chi connectivity index (χ2v) is 4.39. The van der Waals surface area contributed by atoms with E-state index in [0.717, 1.165) is 16.7 Å². The molecular formula is C18H13F. The van der Waals surface area contributed by atoms with Gasteiger partial charge in [-0.05, 0) is 22.8 Å². The highest BCUT2D eigenvalue weighted by molar-refractivity contribution is 5.86. The summed E-state index contributed by atoms with van der Waals surface area (Å²) in [6.07, 6.45) is 5.07. The molecule has 2 aromatic carbocycles. The van der Waals surface area contributed by atoms with E-state index in [1.165, 1.54) is 6.08 Å². The smallest absolute Gasteiger partial charge is 0.131 e. The zero-order chi connectivity index (χ0) is 13.1. The van der Waals surface area contributed by atoms with Crippen molar-refractivity contribution in [3.63, 3.8) is 0 Å². The van der Waals surface area contributed by atoms with Crippen molar-refractivity contribution in [2.45, 2.75) is 0 Å². The zero-order valence-corrected chi connectivity index (χ0v) is 10.4. The van der Waals surface area contributed by atoms with Crippen molar-refractivity contribution in [1.29, 1.82) is 0 Å². The first-order chi connectivity index (χ1) is 9.36. The molecule has 0 nitrogen and oxygen atoms in total. The van der Waals surface area contributed by atoms with Gasteiger partial charge >= 0.3 is 0 Å². The summed E-state index contributed by atoms with van der Waals surface area (Å²) in [7, 11) is 0. The van der Waals surface area contributed by atoms with Gasteiger partial charge in [-0.1, -0.05) is 72.8 Å². The predicted molar refractivity (Wildman–Crippen MR) is 77.2 cm³/mol. The van der Waals surface area contributed by atoms with Gasteiger partial charge in [0, 0.05) is 5.57 Å². The van der Waals surface area contributed by atoms with E-state index >= 15 is 0 Å². The van der Waals surface area contributed by atoms with Crippen molar-refractivity contribution in [3.8, 4) is 0 Å². The van der Waals surface area contributed by atoms with Gasteiger partial charge in [-0.25, -0.2) is 4.39 Å². The lowest BCUT2D eigenvalue weighted by Gasteiger charge is -2.11. The number of halogens is 1. The Morgan fingerprint density at radius 1 is 0.737 bits per heavy atom. The van der Waals surface area contributed by atoms with Gasteiger partial charge in [-0.2, -0.15) is 0 Å². The maximum atomic E-state index is 14.0. The summed E-state index contributed by atoms with van der Waals surface area (Å²) in [6, 6.07) is 19.9. The van der Waals surface area contributed by atoms with Crippen LogP contribution in [0.2, 0.25) is 0 Å². The molecule has 0 spiro atoms. The van der Waals surface area contributed by atoms with Crippen LogP contribution in [-0.4, -0.2) is 0 Å². The number of allylic oxidation sites excluding steroid dienone is 5. The first-order valence-corrected chi connectivity index (χ1v) is 6.25. The molecule has 0 atom stereocenters. The van der Waals surface area contributed by atoms with Gasteiger partial charge in [0.1, 0.15) is 5.83 Å². The van der Waals surface area contributed by atoms with Crippen LogP contribution >= 0.6 is 0 Å². The lowest BCUT2D eigenvalue weighted by atomic mass is 9.93. The van der Waals surface area contributed by atoms with Crippen LogP contribution in [0.15, 0.2) is 90.3 Å². The molecule has 0 aromatic heterocycles. The highest BCUT2D eigenvalue weighted by Crippen LogP contribution is 2.33. The SMILES string of the molecule is FC1=CC=CC1=C(c1ccccc1)c1ccccc1. The summed E-state index contributed by atoms with van der Waals surface area (Å²) in [5, 5.41) is 0. The second-order valence-electron chi connectivity index (χ2n) is 4.39. The average Bonchev–Trinajstić information content (AvgIpc) is 2.88. The third-order valence-electron chi connectivity index (χ3n) is 3.16. The Bertz CT molecular complexity index is 620. The normalized spacial score (nSPS) is 13.5. The molecular weight excluding hydrogens is 235 g/mol. The van der Waals surface area contributed by atoms with Crippen molar-refractivity contribution in [2.24, 2.45) is 0 Å². The largest absolute Gasteiger partial charge is 0.206 e. The van der Waals surface area contributed by atoms with Gasteiger partial charge in [0.05, 0.1) is 0 Å². The first-order valence-electron chi connectivity index (χ1n) is 6.25. The molecule has 1 aliphatic carbocycles. The highest BCUT2D eigenvalue weighted by atomic mass is 19.1. The van der Waals surface area contributed by atoms with Crippen LogP contribution in [0.4, 0.5) is 4.39 Å². The lowest BCUT2D eigenvalue weighted by molar-refractivity contribution is 0.661. The van der Waals surface area contributed by atoms with Crippen molar-refractivity contribution in [2.75, 3.05) is 0 Å². The molecule has 0 saturated heterocycles. The Kier molecular flexibility index (Phi) is 3.11. The molecule has 0 aliphatic heterocycles. The zero-order valence-electron chi connectivity index (χ0n) is 10.4. The van der Waals surface area contributed by atoms with Gasteiger partial charge in [0.2, 0.25) is 0 Å². The van der Waals surface area contributed by atoms with Crippen molar-refractivity contribution in [3.05, 3.63) is 101 Å². The van der Waals surface area contributed by atoms with Crippen LogP contribution in [0.1, 0.15) is 11.1 Å². The van der Waals surface area contributed by atoms with Crippen LogP contribution in [0, 0.1) is 0 Å². The summed E-state index contributed by atoms with van der Waals surface area (Å²) in [4.78, 5) is 0. The van der Waals surface area contributed by atoms with Gasteiger partial charge in [0.15, 0.2) is 0 Å². The minimum absolute atomic E-state index is 0.178. The summed E-state index contributed by atoms with van der Waals surface area (Å²) >= 11 is 0. The summed E-state index contributed by atoms with van der Waals surface area (Å²) in [5.41, 5.74) is 3.64. The van der Waals surface area contributed by atoms with E-state index in [4.69, 9.17) is 0 Å². The van der Waals surface area contributed by atoms with E-state index in [1.54, 1.807) is 6.08 Å². The van der Waals surface area contributed by atoms with E-state index in [0.29, 0.717) is 5.57 Å².